The molecule has 0 atom stereocenters. The van der Waals surface area contributed by atoms with Crippen molar-refractivity contribution < 1.29 is 19.1 Å². The van der Waals surface area contributed by atoms with Crippen LogP contribution in [-0.2, 0) is 20.9 Å². The van der Waals surface area contributed by atoms with Gasteiger partial charge in [0.05, 0.1) is 19.3 Å². The molecule has 3 rings (SSSR count). The number of esters is 1. The van der Waals surface area contributed by atoms with E-state index in [4.69, 9.17) is 21.1 Å². The van der Waals surface area contributed by atoms with Gasteiger partial charge >= 0.3 is 5.97 Å². The van der Waals surface area contributed by atoms with Crippen LogP contribution in [0.1, 0.15) is 16.8 Å². The fourth-order valence-electron chi connectivity index (χ4n) is 2.85. The summed E-state index contributed by atoms with van der Waals surface area (Å²) in [4.78, 5) is 24.0. The summed E-state index contributed by atoms with van der Waals surface area (Å²) >= 11 is 6.43. The minimum Gasteiger partial charge on any atom is -0.497 e. The molecule has 160 valence electrons. The lowest BCUT2D eigenvalue weighted by molar-refractivity contribution is -0.142. The Balaban J connectivity index is 1.55. The number of benzene rings is 2. The van der Waals surface area contributed by atoms with Crippen LogP contribution in [0.5, 0.6) is 5.75 Å². The summed E-state index contributed by atoms with van der Waals surface area (Å²) in [7, 11) is 1.54. The topological polar surface area (TPSA) is 82.4 Å². The Morgan fingerprint density at radius 2 is 1.94 bits per heavy atom. The molecule has 0 fully saturated rings. The summed E-state index contributed by atoms with van der Waals surface area (Å²) in [6.45, 7) is 1.91. The average Bonchev–Trinajstić information content (AvgIpc) is 3.04. The molecule has 0 aliphatic rings. The Labute approximate surface area is 185 Å². The number of rotatable bonds is 8. The highest BCUT2D eigenvalue weighted by atomic mass is 35.5. The predicted molar refractivity (Wildman–Crippen MR) is 119 cm³/mol. The van der Waals surface area contributed by atoms with E-state index < -0.39 is 18.5 Å². The fraction of sp³-hybridized carbons (Fsp3) is 0.174. The van der Waals surface area contributed by atoms with E-state index in [1.165, 1.54) is 19.3 Å². The van der Waals surface area contributed by atoms with Crippen LogP contribution in [0.2, 0.25) is 5.15 Å². The Kier molecular flexibility index (Phi) is 7.45. The molecule has 8 heteroatoms. The van der Waals surface area contributed by atoms with Gasteiger partial charge in [-0.1, -0.05) is 48.0 Å². The number of hydrogen-bond donors (Lipinski definition) is 1. The molecule has 1 heterocycles. The third kappa shape index (κ3) is 6.20. The van der Waals surface area contributed by atoms with Crippen molar-refractivity contribution in [3.63, 3.8) is 0 Å². The second-order valence-electron chi connectivity index (χ2n) is 6.65. The first-order valence-corrected chi connectivity index (χ1v) is 9.89. The largest absolute Gasteiger partial charge is 0.497 e. The summed E-state index contributed by atoms with van der Waals surface area (Å²) in [6, 6.07) is 16.7. The molecule has 1 N–H and O–H groups in total. The van der Waals surface area contributed by atoms with Gasteiger partial charge in [0, 0.05) is 23.4 Å². The Morgan fingerprint density at radius 1 is 1.16 bits per heavy atom. The number of halogens is 1. The summed E-state index contributed by atoms with van der Waals surface area (Å²) < 4.78 is 11.8. The van der Waals surface area contributed by atoms with Crippen LogP contribution in [-0.4, -0.2) is 35.4 Å². The van der Waals surface area contributed by atoms with E-state index in [0.29, 0.717) is 34.4 Å². The first-order valence-electron chi connectivity index (χ1n) is 9.52. The van der Waals surface area contributed by atoms with Gasteiger partial charge < -0.3 is 14.8 Å². The van der Waals surface area contributed by atoms with E-state index in [2.05, 4.69) is 10.4 Å². The van der Waals surface area contributed by atoms with E-state index in [1.807, 2.05) is 30.3 Å². The van der Waals surface area contributed by atoms with Crippen molar-refractivity contribution >= 4 is 35.2 Å². The van der Waals surface area contributed by atoms with Crippen molar-refractivity contribution in [2.24, 2.45) is 0 Å². The van der Waals surface area contributed by atoms with Crippen LogP contribution in [0, 0.1) is 6.92 Å². The van der Waals surface area contributed by atoms with Gasteiger partial charge in [-0.25, -0.2) is 9.48 Å². The number of hydrogen-bond acceptors (Lipinski definition) is 5. The molecule has 1 amide bonds. The lowest BCUT2D eigenvalue weighted by Crippen LogP contribution is -2.20. The quantitative estimate of drug-likeness (QED) is 0.422. The molecule has 0 aliphatic carbocycles. The monoisotopic (exact) mass is 439 g/mol. The molecule has 3 aromatic rings. The van der Waals surface area contributed by atoms with Crippen LogP contribution in [0.25, 0.3) is 6.08 Å². The number of amides is 1. The molecular weight excluding hydrogens is 418 g/mol. The number of nitrogens with one attached hydrogen (secondary N) is 1. The molecule has 0 spiro atoms. The van der Waals surface area contributed by atoms with Crippen LogP contribution in [0.15, 0.2) is 60.7 Å². The molecule has 2 aromatic carbocycles. The van der Waals surface area contributed by atoms with E-state index in [1.54, 1.807) is 35.9 Å². The van der Waals surface area contributed by atoms with Gasteiger partial charge in [-0.2, -0.15) is 5.10 Å². The van der Waals surface area contributed by atoms with Crippen molar-refractivity contribution in [1.82, 2.24) is 9.78 Å². The number of ether oxygens (including phenoxy) is 2. The Bertz CT molecular complexity index is 1090. The van der Waals surface area contributed by atoms with E-state index in [9.17, 15) is 9.59 Å². The van der Waals surface area contributed by atoms with Crippen molar-refractivity contribution in [1.29, 1.82) is 0 Å². The number of nitrogens with zero attached hydrogens (tertiary/aromatic N) is 2. The molecule has 0 radical (unpaired) electrons. The first kappa shape index (κ1) is 22.1. The highest BCUT2D eigenvalue weighted by Crippen LogP contribution is 2.22. The predicted octanol–water partition coefficient (Wildman–Crippen LogP) is 4.10. The molecule has 31 heavy (non-hydrogen) atoms. The number of aryl methyl sites for hydroxylation is 1. The lowest BCUT2D eigenvalue weighted by atomic mass is 10.2. The SMILES string of the molecule is COc1cccc(NC(=O)COC(=O)/C=C/c2c(C)nn(Cc3ccccc3)c2Cl)c1. The van der Waals surface area contributed by atoms with Crippen molar-refractivity contribution in [3.8, 4) is 5.75 Å². The standard InChI is InChI=1S/C23H22ClN3O4/c1-16-20(23(24)27(26-16)14-17-7-4-3-5-8-17)11-12-22(29)31-15-21(28)25-18-9-6-10-19(13-18)30-2/h3-13H,14-15H2,1-2H3,(H,25,28)/b12-11+. The summed E-state index contributed by atoms with van der Waals surface area (Å²) in [5.74, 6) is -0.509. The molecule has 0 aliphatic heterocycles. The van der Waals surface area contributed by atoms with E-state index >= 15 is 0 Å². The summed E-state index contributed by atoms with van der Waals surface area (Å²) in [5, 5.41) is 7.48. The maximum absolute atomic E-state index is 12.0. The van der Waals surface area contributed by atoms with Crippen molar-refractivity contribution in [2.45, 2.75) is 13.5 Å². The minimum absolute atomic E-state index is 0.416. The summed E-state index contributed by atoms with van der Waals surface area (Å²) in [6.07, 6.45) is 2.76. The zero-order valence-electron chi connectivity index (χ0n) is 17.2. The molecule has 0 saturated heterocycles. The zero-order valence-corrected chi connectivity index (χ0v) is 17.9. The smallest absolute Gasteiger partial charge is 0.331 e. The molecule has 0 bridgehead atoms. The maximum Gasteiger partial charge on any atom is 0.331 e. The highest BCUT2D eigenvalue weighted by Gasteiger charge is 2.12. The van der Waals surface area contributed by atoms with Crippen molar-refractivity contribution in [2.75, 3.05) is 19.0 Å². The van der Waals surface area contributed by atoms with Gasteiger partial charge in [0.25, 0.3) is 5.91 Å². The second kappa shape index (κ2) is 10.4. The van der Waals surface area contributed by atoms with Crippen LogP contribution in [0.3, 0.4) is 0 Å². The Hall–Kier alpha value is -3.58. The molecule has 1 aromatic heterocycles. The van der Waals surface area contributed by atoms with Gasteiger partial charge in [-0.15, -0.1) is 0 Å². The number of anilines is 1. The highest BCUT2D eigenvalue weighted by molar-refractivity contribution is 6.31. The Morgan fingerprint density at radius 3 is 2.68 bits per heavy atom. The zero-order chi connectivity index (χ0) is 22.2. The summed E-state index contributed by atoms with van der Waals surface area (Å²) in [5.41, 5.74) is 2.91. The molecule has 7 nitrogen and oxygen atoms in total. The number of carbonyl (C=O) groups excluding carboxylic acids is 2. The van der Waals surface area contributed by atoms with Crippen LogP contribution < -0.4 is 10.1 Å². The van der Waals surface area contributed by atoms with Crippen molar-refractivity contribution in [3.05, 3.63) is 82.6 Å². The number of carbonyl (C=O) groups is 2. The normalized spacial score (nSPS) is 10.8. The van der Waals surface area contributed by atoms with Gasteiger partial charge in [0.15, 0.2) is 6.61 Å². The van der Waals surface area contributed by atoms with Gasteiger partial charge in [-0.3, -0.25) is 4.79 Å². The molecule has 0 saturated carbocycles. The van der Waals surface area contributed by atoms with Crippen LogP contribution >= 0.6 is 11.6 Å². The lowest BCUT2D eigenvalue weighted by Gasteiger charge is -2.07. The second-order valence-corrected chi connectivity index (χ2v) is 7.01. The third-order valence-electron chi connectivity index (χ3n) is 4.37. The minimum atomic E-state index is -0.660. The van der Waals surface area contributed by atoms with E-state index in [-0.39, 0.29) is 0 Å². The molecule has 0 unspecified atom stereocenters. The maximum atomic E-state index is 12.0. The fourth-order valence-corrected chi connectivity index (χ4v) is 3.15. The number of aromatic nitrogens is 2. The number of methoxy groups -OCH3 is 1. The van der Waals surface area contributed by atoms with Gasteiger partial charge in [0.1, 0.15) is 10.9 Å². The average molecular weight is 440 g/mol. The first-order chi connectivity index (χ1) is 15.0. The van der Waals surface area contributed by atoms with Crippen LogP contribution in [0.4, 0.5) is 5.69 Å². The molecular formula is C23H22ClN3O4. The van der Waals surface area contributed by atoms with Gasteiger partial charge in [0.2, 0.25) is 0 Å². The van der Waals surface area contributed by atoms with E-state index in [0.717, 1.165) is 5.56 Å². The van der Waals surface area contributed by atoms with Gasteiger partial charge in [-0.05, 0) is 30.7 Å². The third-order valence-corrected chi connectivity index (χ3v) is 4.77.